The van der Waals surface area contributed by atoms with Gasteiger partial charge in [-0.15, -0.1) is 0 Å². The zero-order valence-electron chi connectivity index (χ0n) is 15.4. The molecular formula is C18H29FN2O4. The molecule has 0 heterocycles. The lowest BCUT2D eigenvalue weighted by Crippen LogP contribution is -2.37. The summed E-state index contributed by atoms with van der Waals surface area (Å²) in [6.45, 7) is 8.62. The number of ether oxygens (including phenoxy) is 2. The van der Waals surface area contributed by atoms with Gasteiger partial charge in [0.1, 0.15) is 23.3 Å². The Kier molecular flexibility index (Phi) is 8.65. The van der Waals surface area contributed by atoms with Crippen LogP contribution in [-0.2, 0) is 11.3 Å². The summed E-state index contributed by atoms with van der Waals surface area (Å²) in [6.07, 6.45) is -0.191. The molecule has 0 unspecified atom stereocenters. The fourth-order valence-corrected chi connectivity index (χ4v) is 2.03. The minimum Gasteiger partial charge on any atom is -0.489 e. The molecule has 0 bridgehead atoms. The van der Waals surface area contributed by atoms with Gasteiger partial charge in [-0.3, -0.25) is 0 Å². The van der Waals surface area contributed by atoms with Crippen LogP contribution in [0.25, 0.3) is 0 Å². The summed E-state index contributed by atoms with van der Waals surface area (Å²) in [5.74, 6) is 0.210. The molecule has 1 amide bonds. The summed E-state index contributed by atoms with van der Waals surface area (Å²) in [6, 6.07) is 4.32. The van der Waals surface area contributed by atoms with Crippen LogP contribution in [0, 0.1) is 5.82 Å². The molecule has 0 aliphatic heterocycles. The fourth-order valence-electron chi connectivity index (χ4n) is 2.03. The van der Waals surface area contributed by atoms with Crippen LogP contribution in [0.3, 0.4) is 0 Å². The Bertz CT molecular complexity index is 546. The van der Waals surface area contributed by atoms with E-state index in [1.807, 2.05) is 6.92 Å². The van der Waals surface area contributed by atoms with Gasteiger partial charge in [0, 0.05) is 18.7 Å². The molecule has 3 N–H and O–H groups in total. The summed E-state index contributed by atoms with van der Waals surface area (Å²) in [4.78, 5) is 11.7. The maximum absolute atomic E-state index is 13.5. The van der Waals surface area contributed by atoms with Crippen LogP contribution in [0.1, 0.15) is 39.7 Å². The molecule has 0 spiro atoms. The van der Waals surface area contributed by atoms with Crippen LogP contribution < -0.4 is 15.4 Å². The average Bonchev–Trinajstić information content (AvgIpc) is 2.50. The van der Waals surface area contributed by atoms with Crippen molar-refractivity contribution in [1.82, 2.24) is 10.6 Å². The Balaban J connectivity index is 2.55. The molecular weight excluding hydrogens is 327 g/mol. The Morgan fingerprint density at radius 1 is 1.36 bits per heavy atom. The molecule has 1 rings (SSSR count). The maximum atomic E-state index is 13.5. The topological polar surface area (TPSA) is 79.8 Å². The summed E-state index contributed by atoms with van der Waals surface area (Å²) in [7, 11) is 0. The molecule has 0 fully saturated rings. The van der Waals surface area contributed by atoms with Gasteiger partial charge in [0.25, 0.3) is 0 Å². The van der Waals surface area contributed by atoms with Crippen LogP contribution in [0.2, 0.25) is 0 Å². The lowest BCUT2D eigenvalue weighted by molar-refractivity contribution is 0.0505. The van der Waals surface area contributed by atoms with Gasteiger partial charge < -0.3 is 25.2 Å². The number of aliphatic hydroxyl groups excluding tert-OH is 1. The van der Waals surface area contributed by atoms with Crippen molar-refractivity contribution in [2.24, 2.45) is 0 Å². The minimum atomic E-state index is -0.557. The SMILES string of the molecule is C[C@@H](CNC(=O)OC(C)(C)C)Oc1ccc(F)cc1CNCCCO. The molecule has 1 aromatic rings. The van der Waals surface area contributed by atoms with Crippen molar-refractivity contribution in [1.29, 1.82) is 0 Å². The summed E-state index contributed by atoms with van der Waals surface area (Å²) in [5.41, 5.74) is 0.125. The Labute approximate surface area is 148 Å². The van der Waals surface area contributed by atoms with Crippen molar-refractivity contribution in [3.8, 4) is 5.75 Å². The zero-order valence-corrected chi connectivity index (χ0v) is 15.4. The molecule has 0 saturated heterocycles. The van der Waals surface area contributed by atoms with E-state index >= 15 is 0 Å². The number of amides is 1. The third kappa shape index (κ3) is 9.26. The minimum absolute atomic E-state index is 0.104. The highest BCUT2D eigenvalue weighted by molar-refractivity contribution is 5.67. The number of rotatable bonds is 9. The van der Waals surface area contributed by atoms with Gasteiger partial charge in [-0.25, -0.2) is 9.18 Å². The standard InChI is InChI=1S/C18H29FN2O4/c1-13(11-21-17(23)25-18(2,3)4)24-16-7-6-15(19)10-14(16)12-20-8-5-9-22/h6-7,10,13,20,22H,5,8-9,11-12H2,1-4H3,(H,21,23)/t13-/m0/s1. The summed E-state index contributed by atoms with van der Waals surface area (Å²) < 4.78 is 24.5. The molecule has 142 valence electrons. The lowest BCUT2D eigenvalue weighted by atomic mass is 10.2. The van der Waals surface area contributed by atoms with E-state index in [1.54, 1.807) is 26.8 Å². The number of aliphatic hydroxyl groups is 1. The number of alkyl carbamates (subject to hydrolysis) is 1. The van der Waals surface area contributed by atoms with E-state index in [-0.39, 0.29) is 25.1 Å². The van der Waals surface area contributed by atoms with Crippen LogP contribution in [-0.4, -0.2) is 42.6 Å². The molecule has 25 heavy (non-hydrogen) atoms. The van der Waals surface area contributed by atoms with Gasteiger partial charge >= 0.3 is 6.09 Å². The normalized spacial score (nSPS) is 12.6. The molecule has 1 aromatic carbocycles. The van der Waals surface area contributed by atoms with Gasteiger partial charge in [0.2, 0.25) is 0 Å². The number of hydrogen-bond donors (Lipinski definition) is 3. The van der Waals surface area contributed by atoms with Crippen molar-refractivity contribution >= 4 is 6.09 Å². The van der Waals surface area contributed by atoms with Gasteiger partial charge in [-0.2, -0.15) is 0 Å². The monoisotopic (exact) mass is 356 g/mol. The average molecular weight is 356 g/mol. The number of carbonyl (C=O) groups excluding carboxylic acids is 1. The van der Waals surface area contributed by atoms with E-state index < -0.39 is 11.7 Å². The lowest BCUT2D eigenvalue weighted by Gasteiger charge is -2.22. The largest absolute Gasteiger partial charge is 0.489 e. The van der Waals surface area contributed by atoms with Crippen molar-refractivity contribution < 1.29 is 23.8 Å². The first-order valence-electron chi connectivity index (χ1n) is 8.45. The molecule has 0 aliphatic carbocycles. The van der Waals surface area contributed by atoms with Gasteiger partial charge in [-0.05, 0) is 58.9 Å². The number of carbonyl (C=O) groups is 1. The first-order chi connectivity index (χ1) is 11.7. The van der Waals surface area contributed by atoms with Crippen LogP contribution in [0.4, 0.5) is 9.18 Å². The summed E-state index contributed by atoms with van der Waals surface area (Å²) in [5, 5.41) is 14.6. The maximum Gasteiger partial charge on any atom is 0.407 e. The first kappa shape index (κ1) is 21.2. The van der Waals surface area contributed by atoms with Crippen molar-refractivity contribution in [3.63, 3.8) is 0 Å². The molecule has 0 radical (unpaired) electrons. The molecule has 0 aromatic heterocycles. The predicted molar refractivity (Wildman–Crippen MR) is 94.1 cm³/mol. The zero-order chi connectivity index (χ0) is 18.9. The van der Waals surface area contributed by atoms with Crippen LogP contribution >= 0.6 is 0 Å². The number of nitrogens with one attached hydrogen (secondary N) is 2. The Morgan fingerprint density at radius 2 is 2.08 bits per heavy atom. The molecule has 6 nitrogen and oxygen atoms in total. The van der Waals surface area contributed by atoms with E-state index in [0.717, 1.165) is 0 Å². The van der Waals surface area contributed by atoms with E-state index in [4.69, 9.17) is 14.6 Å². The van der Waals surface area contributed by atoms with Crippen LogP contribution in [0.5, 0.6) is 5.75 Å². The van der Waals surface area contributed by atoms with E-state index in [1.165, 1.54) is 12.1 Å². The number of halogens is 1. The summed E-state index contributed by atoms with van der Waals surface area (Å²) >= 11 is 0. The predicted octanol–water partition coefficient (Wildman–Crippen LogP) is 2.59. The van der Waals surface area contributed by atoms with Crippen molar-refractivity contribution in [3.05, 3.63) is 29.6 Å². The highest BCUT2D eigenvalue weighted by Crippen LogP contribution is 2.21. The van der Waals surface area contributed by atoms with Gasteiger partial charge in [0.05, 0.1) is 6.54 Å². The van der Waals surface area contributed by atoms with Crippen molar-refractivity contribution in [2.45, 2.75) is 52.4 Å². The second-order valence-electron chi connectivity index (χ2n) is 6.82. The van der Waals surface area contributed by atoms with Crippen molar-refractivity contribution in [2.75, 3.05) is 19.7 Å². The molecule has 1 atom stereocenters. The Hall–Kier alpha value is -1.86. The highest BCUT2D eigenvalue weighted by atomic mass is 19.1. The van der Waals surface area contributed by atoms with Gasteiger partial charge in [0.15, 0.2) is 0 Å². The Morgan fingerprint density at radius 3 is 2.72 bits per heavy atom. The van der Waals surface area contributed by atoms with E-state index in [2.05, 4.69) is 10.6 Å². The second kappa shape index (κ2) is 10.2. The molecule has 0 aliphatic rings. The second-order valence-corrected chi connectivity index (χ2v) is 6.82. The number of benzene rings is 1. The van der Waals surface area contributed by atoms with Gasteiger partial charge in [-0.1, -0.05) is 0 Å². The quantitative estimate of drug-likeness (QED) is 0.593. The number of hydrogen-bond acceptors (Lipinski definition) is 5. The molecule has 7 heteroatoms. The third-order valence-corrected chi connectivity index (χ3v) is 3.11. The highest BCUT2D eigenvalue weighted by Gasteiger charge is 2.17. The van der Waals surface area contributed by atoms with E-state index in [9.17, 15) is 9.18 Å². The third-order valence-electron chi connectivity index (χ3n) is 3.11. The van der Waals surface area contributed by atoms with Crippen LogP contribution in [0.15, 0.2) is 18.2 Å². The van der Waals surface area contributed by atoms with E-state index in [0.29, 0.717) is 30.8 Å². The first-order valence-corrected chi connectivity index (χ1v) is 8.45. The fraction of sp³-hybridized carbons (Fsp3) is 0.611. The molecule has 0 saturated carbocycles. The smallest absolute Gasteiger partial charge is 0.407 e.